The van der Waals surface area contributed by atoms with E-state index in [-0.39, 0.29) is 17.5 Å². The SMILES string of the molecule is CCN(CC)CCN(C(=O)c1ccc(F)cc1)c1ccc(OC)cc1.CCN(CC)CCNc1ccc(OC)cc1.O=C(Cl)c1ccc(F)cc1. The molecule has 11 heteroatoms. The summed E-state index contributed by atoms with van der Waals surface area (Å²) in [6.07, 6.45) is 0. The molecule has 0 saturated heterocycles. The number of halogens is 3. The number of anilines is 2. The maximum absolute atomic E-state index is 13.2. The van der Waals surface area contributed by atoms with Crippen molar-refractivity contribution in [2.45, 2.75) is 27.7 Å². The number of ether oxygens (including phenoxy) is 2. The smallest absolute Gasteiger partial charge is 0.258 e. The number of nitrogens with one attached hydrogen (secondary N) is 1. The van der Waals surface area contributed by atoms with E-state index >= 15 is 0 Å². The largest absolute Gasteiger partial charge is 0.497 e. The Labute approximate surface area is 306 Å². The van der Waals surface area contributed by atoms with Crippen LogP contribution in [-0.2, 0) is 0 Å². The number of amides is 1. The van der Waals surface area contributed by atoms with E-state index in [9.17, 15) is 18.4 Å². The highest BCUT2D eigenvalue weighted by Crippen LogP contribution is 2.22. The van der Waals surface area contributed by atoms with Crippen LogP contribution in [-0.4, -0.2) is 87.5 Å². The quantitative estimate of drug-likeness (QED) is 0.116. The van der Waals surface area contributed by atoms with Crippen LogP contribution in [0.1, 0.15) is 48.4 Å². The summed E-state index contributed by atoms with van der Waals surface area (Å²) in [5, 5.41) is 2.83. The predicted molar refractivity (Wildman–Crippen MR) is 205 cm³/mol. The van der Waals surface area contributed by atoms with E-state index < -0.39 is 5.24 Å². The molecule has 276 valence electrons. The topological polar surface area (TPSA) is 74.3 Å². The lowest BCUT2D eigenvalue weighted by Gasteiger charge is -2.27. The van der Waals surface area contributed by atoms with Crippen molar-refractivity contribution in [3.63, 3.8) is 0 Å². The van der Waals surface area contributed by atoms with Crippen molar-refractivity contribution in [2.75, 3.05) is 76.8 Å². The summed E-state index contributed by atoms with van der Waals surface area (Å²) in [6.45, 7) is 16.1. The molecule has 4 aromatic rings. The molecule has 0 aliphatic rings. The molecule has 0 unspecified atom stereocenters. The van der Waals surface area contributed by atoms with Gasteiger partial charge in [-0.3, -0.25) is 9.59 Å². The van der Waals surface area contributed by atoms with Crippen molar-refractivity contribution < 1.29 is 27.8 Å². The Morgan fingerprint density at radius 3 is 1.47 bits per heavy atom. The molecular weight excluding hydrogens is 674 g/mol. The number of hydrogen-bond acceptors (Lipinski definition) is 7. The molecule has 0 heterocycles. The van der Waals surface area contributed by atoms with Crippen LogP contribution in [0.3, 0.4) is 0 Å². The summed E-state index contributed by atoms with van der Waals surface area (Å²) in [6, 6.07) is 26.1. The molecule has 0 spiro atoms. The minimum Gasteiger partial charge on any atom is -0.497 e. The Balaban J connectivity index is 0.000000295. The first-order valence-corrected chi connectivity index (χ1v) is 17.5. The van der Waals surface area contributed by atoms with Crippen molar-refractivity contribution >= 4 is 34.1 Å². The van der Waals surface area contributed by atoms with Crippen LogP contribution in [0.4, 0.5) is 20.2 Å². The van der Waals surface area contributed by atoms with Gasteiger partial charge in [-0.2, -0.15) is 0 Å². The van der Waals surface area contributed by atoms with Crippen LogP contribution in [0.2, 0.25) is 0 Å². The number of hydrogen-bond donors (Lipinski definition) is 1. The first-order chi connectivity index (χ1) is 24.6. The fourth-order valence-electron chi connectivity index (χ4n) is 4.83. The minimum atomic E-state index is -0.569. The summed E-state index contributed by atoms with van der Waals surface area (Å²) in [7, 11) is 3.29. The Bertz CT molecular complexity index is 1550. The highest BCUT2D eigenvalue weighted by atomic mass is 35.5. The van der Waals surface area contributed by atoms with Gasteiger partial charge in [-0.25, -0.2) is 8.78 Å². The molecule has 8 nitrogen and oxygen atoms in total. The highest BCUT2D eigenvalue weighted by molar-refractivity contribution is 6.67. The second kappa shape index (κ2) is 23.8. The molecule has 0 aromatic heterocycles. The Morgan fingerprint density at radius 2 is 1.04 bits per heavy atom. The normalized spacial score (nSPS) is 10.4. The maximum atomic E-state index is 13.2. The molecule has 0 bridgehead atoms. The third-order valence-electron chi connectivity index (χ3n) is 8.07. The van der Waals surface area contributed by atoms with Crippen molar-refractivity contribution in [3.8, 4) is 11.5 Å². The number of methoxy groups -OCH3 is 2. The number of likely N-dealkylation sites (N-methyl/N-ethyl adjacent to an activating group) is 2. The molecule has 4 rings (SSSR count). The molecular formula is C40H51ClF2N4O4. The Kier molecular flexibility index (Phi) is 19.9. The summed E-state index contributed by atoms with van der Waals surface area (Å²) >= 11 is 5.09. The molecule has 0 aliphatic heterocycles. The monoisotopic (exact) mass is 724 g/mol. The number of carbonyl (C=O) groups is 2. The number of carbonyl (C=O) groups excluding carboxylic acids is 2. The molecule has 1 N–H and O–H groups in total. The van der Waals surface area contributed by atoms with E-state index in [0.29, 0.717) is 17.7 Å². The van der Waals surface area contributed by atoms with Gasteiger partial charge in [0.2, 0.25) is 0 Å². The average Bonchev–Trinajstić information content (AvgIpc) is 3.16. The molecule has 4 aromatic carbocycles. The van der Waals surface area contributed by atoms with Crippen LogP contribution in [0.25, 0.3) is 0 Å². The van der Waals surface area contributed by atoms with Crippen LogP contribution in [0, 0.1) is 11.6 Å². The summed E-state index contributed by atoms with van der Waals surface area (Å²) in [5.74, 6) is 0.769. The van der Waals surface area contributed by atoms with Crippen LogP contribution >= 0.6 is 11.6 Å². The molecule has 1 amide bonds. The van der Waals surface area contributed by atoms with E-state index in [1.165, 1.54) is 48.5 Å². The fourth-order valence-corrected chi connectivity index (χ4v) is 4.95. The van der Waals surface area contributed by atoms with E-state index in [4.69, 9.17) is 21.1 Å². The van der Waals surface area contributed by atoms with Gasteiger partial charge < -0.3 is 29.5 Å². The van der Waals surface area contributed by atoms with Gasteiger partial charge in [0, 0.05) is 48.7 Å². The van der Waals surface area contributed by atoms with Gasteiger partial charge >= 0.3 is 0 Å². The molecule has 0 radical (unpaired) electrons. The van der Waals surface area contributed by atoms with Crippen LogP contribution in [0.5, 0.6) is 11.5 Å². The first kappa shape index (κ1) is 42.7. The predicted octanol–water partition coefficient (Wildman–Crippen LogP) is 8.48. The van der Waals surface area contributed by atoms with Gasteiger partial charge in [-0.1, -0.05) is 27.7 Å². The van der Waals surface area contributed by atoms with Gasteiger partial charge in [0.1, 0.15) is 23.1 Å². The van der Waals surface area contributed by atoms with Crippen LogP contribution in [0.15, 0.2) is 97.1 Å². The summed E-state index contributed by atoms with van der Waals surface area (Å²) in [4.78, 5) is 29.7. The third kappa shape index (κ3) is 15.5. The van der Waals surface area contributed by atoms with Gasteiger partial charge in [0.05, 0.1) is 14.2 Å². The van der Waals surface area contributed by atoms with Gasteiger partial charge in [0.25, 0.3) is 11.1 Å². The van der Waals surface area contributed by atoms with Crippen LogP contribution < -0.4 is 19.7 Å². The van der Waals surface area contributed by atoms with E-state index in [1.807, 2.05) is 48.5 Å². The Hall–Kier alpha value is -4.51. The summed E-state index contributed by atoms with van der Waals surface area (Å²) in [5.41, 5.74) is 2.72. The van der Waals surface area contributed by atoms with Gasteiger partial charge in [-0.15, -0.1) is 0 Å². The number of nitrogens with zero attached hydrogens (tertiary/aromatic N) is 3. The number of rotatable bonds is 16. The third-order valence-corrected chi connectivity index (χ3v) is 8.29. The van der Waals surface area contributed by atoms with Gasteiger partial charge in [-0.05, 0) is 135 Å². The Morgan fingerprint density at radius 1 is 0.608 bits per heavy atom. The maximum Gasteiger partial charge on any atom is 0.258 e. The highest BCUT2D eigenvalue weighted by Gasteiger charge is 2.19. The van der Waals surface area contributed by atoms with Crippen molar-refractivity contribution in [1.29, 1.82) is 0 Å². The molecule has 0 fully saturated rings. The van der Waals surface area contributed by atoms with Gasteiger partial charge in [0.15, 0.2) is 0 Å². The zero-order valence-electron chi connectivity index (χ0n) is 30.5. The van der Waals surface area contributed by atoms with E-state index in [0.717, 1.165) is 68.7 Å². The minimum absolute atomic E-state index is 0.141. The molecule has 51 heavy (non-hydrogen) atoms. The zero-order valence-corrected chi connectivity index (χ0v) is 31.3. The zero-order chi connectivity index (χ0) is 37.6. The lowest BCUT2D eigenvalue weighted by Crippen LogP contribution is -2.38. The fraction of sp³-hybridized carbons (Fsp3) is 0.350. The second-order valence-corrected chi connectivity index (χ2v) is 11.5. The molecule has 0 saturated carbocycles. The average molecular weight is 725 g/mol. The molecule has 0 atom stereocenters. The number of benzene rings is 4. The standard InChI is InChI=1S/C20H25FN2O2.C13H22N2O.C7H4ClFO/c1-4-22(5-2)14-15-23(18-10-12-19(25-3)13-11-18)20(24)16-6-8-17(21)9-7-16;1-4-15(5-2)11-10-14-12-6-8-13(16-3)9-7-12;8-7(10)5-1-3-6(9)4-2-5/h6-13H,4-5,14-15H2,1-3H3;6-9,14H,4-5,10-11H2,1-3H3;1-4H. The summed E-state index contributed by atoms with van der Waals surface area (Å²) < 4.78 is 35.7. The van der Waals surface area contributed by atoms with Crippen molar-refractivity contribution in [2.24, 2.45) is 0 Å². The van der Waals surface area contributed by atoms with Crippen molar-refractivity contribution in [3.05, 3.63) is 120 Å². The van der Waals surface area contributed by atoms with E-state index in [1.54, 1.807) is 19.1 Å². The second-order valence-electron chi connectivity index (χ2n) is 11.2. The van der Waals surface area contributed by atoms with E-state index in [2.05, 4.69) is 42.8 Å². The lowest BCUT2D eigenvalue weighted by atomic mass is 10.1. The lowest BCUT2D eigenvalue weighted by molar-refractivity contribution is 0.0983. The molecule has 0 aliphatic carbocycles. The van der Waals surface area contributed by atoms with Crippen molar-refractivity contribution in [1.82, 2.24) is 9.80 Å². The first-order valence-electron chi connectivity index (χ1n) is 17.1.